The number of carboxylic acid groups (broad SMARTS) is 1. The lowest BCUT2D eigenvalue weighted by Crippen LogP contribution is -2.41. The predicted octanol–water partition coefficient (Wildman–Crippen LogP) is 0.801. The van der Waals surface area contributed by atoms with Crippen LogP contribution in [-0.2, 0) is 4.79 Å². The molecule has 0 amide bonds. The largest absolute Gasteiger partial charge is 0.481 e. The first kappa shape index (κ1) is 8.53. The number of piperidine rings is 1. The summed E-state index contributed by atoms with van der Waals surface area (Å²) in [5.74, 6) is -0.792. The molecule has 0 aliphatic carbocycles. The van der Waals surface area contributed by atoms with E-state index in [9.17, 15) is 4.79 Å². The van der Waals surface area contributed by atoms with E-state index in [1.165, 1.54) is 0 Å². The molecule has 2 atom stereocenters. The number of carboxylic acids is 1. The minimum absolute atomic E-state index is 0.142. The average molecular weight is 157 g/mol. The lowest BCUT2D eigenvalue weighted by atomic mass is 9.94. The van der Waals surface area contributed by atoms with Gasteiger partial charge in [-0.2, -0.15) is 0 Å². The van der Waals surface area contributed by atoms with E-state index in [1.807, 2.05) is 7.05 Å². The highest BCUT2D eigenvalue weighted by atomic mass is 16.4. The Labute approximate surface area is 67.0 Å². The monoisotopic (exact) mass is 157 g/mol. The lowest BCUT2D eigenvalue weighted by Gasteiger charge is -2.33. The summed E-state index contributed by atoms with van der Waals surface area (Å²) < 4.78 is 0. The van der Waals surface area contributed by atoms with Crippen LogP contribution in [0.15, 0.2) is 0 Å². The Balaban J connectivity index is 2.46. The second-order valence-electron chi connectivity index (χ2n) is 3.40. The number of aliphatic carboxylic acids is 1. The predicted molar refractivity (Wildman–Crippen MR) is 42.5 cm³/mol. The number of hydrogen-bond donors (Lipinski definition) is 1. The first-order chi connectivity index (χ1) is 5.11. The maximum atomic E-state index is 10.6. The van der Waals surface area contributed by atoms with Crippen LogP contribution in [0.2, 0.25) is 0 Å². The fourth-order valence-corrected chi connectivity index (χ4v) is 1.48. The van der Waals surface area contributed by atoms with E-state index < -0.39 is 5.97 Å². The third kappa shape index (κ3) is 1.93. The second kappa shape index (κ2) is 3.22. The molecule has 0 unspecified atom stereocenters. The van der Waals surface area contributed by atoms with Crippen molar-refractivity contribution in [3.63, 3.8) is 0 Å². The van der Waals surface area contributed by atoms with Gasteiger partial charge in [-0.15, -0.1) is 0 Å². The van der Waals surface area contributed by atoms with E-state index in [4.69, 9.17) is 5.11 Å². The highest BCUT2D eigenvalue weighted by Gasteiger charge is 2.26. The van der Waals surface area contributed by atoms with Gasteiger partial charge in [0.1, 0.15) is 0 Å². The molecule has 1 aliphatic rings. The molecule has 1 N–H and O–H groups in total. The molecule has 0 spiro atoms. The summed E-state index contributed by atoms with van der Waals surface area (Å²) in [6.45, 7) is 2.84. The van der Waals surface area contributed by atoms with Crippen LogP contribution in [0.25, 0.3) is 0 Å². The third-order valence-corrected chi connectivity index (χ3v) is 2.54. The molecule has 1 rings (SSSR count). The molecule has 0 aromatic carbocycles. The van der Waals surface area contributed by atoms with Crippen LogP contribution in [0.5, 0.6) is 0 Å². The molecule has 11 heavy (non-hydrogen) atoms. The molecular weight excluding hydrogens is 142 g/mol. The van der Waals surface area contributed by atoms with Crippen LogP contribution < -0.4 is 0 Å². The minimum atomic E-state index is -0.649. The molecule has 0 bridgehead atoms. The van der Waals surface area contributed by atoms with Crippen molar-refractivity contribution in [1.29, 1.82) is 0 Å². The Morgan fingerprint density at radius 3 is 2.64 bits per heavy atom. The maximum Gasteiger partial charge on any atom is 0.307 e. The van der Waals surface area contributed by atoms with Crippen molar-refractivity contribution in [3.8, 4) is 0 Å². The third-order valence-electron chi connectivity index (χ3n) is 2.54. The SMILES string of the molecule is C[C@@H]1CC[C@@H](C(=O)O)CN1C. The standard InChI is InChI=1S/C8H15NO2/c1-6-3-4-7(8(10)11)5-9(6)2/h6-7H,3-5H2,1-2H3,(H,10,11)/t6-,7-/m1/s1. The Morgan fingerprint density at radius 2 is 2.18 bits per heavy atom. The van der Waals surface area contributed by atoms with Crippen molar-refractivity contribution in [1.82, 2.24) is 4.90 Å². The summed E-state index contributed by atoms with van der Waals surface area (Å²) in [7, 11) is 1.99. The van der Waals surface area contributed by atoms with Crippen molar-refractivity contribution in [2.75, 3.05) is 13.6 Å². The van der Waals surface area contributed by atoms with E-state index in [2.05, 4.69) is 11.8 Å². The zero-order chi connectivity index (χ0) is 8.43. The zero-order valence-electron chi connectivity index (χ0n) is 7.08. The Hall–Kier alpha value is -0.570. The summed E-state index contributed by atoms with van der Waals surface area (Å²) in [4.78, 5) is 12.7. The van der Waals surface area contributed by atoms with Gasteiger partial charge in [0, 0.05) is 12.6 Å². The van der Waals surface area contributed by atoms with Gasteiger partial charge in [-0.3, -0.25) is 4.79 Å². The van der Waals surface area contributed by atoms with Gasteiger partial charge in [0.25, 0.3) is 0 Å². The normalized spacial score (nSPS) is 33.6. The highest BCUT2D eigenvalue weighted by molar-refractivity contribution is 5.70. The molecule has 1 fully saturated rings. The highest BCUT2D eigenvalue weighted by Crippen LogP contribution is 2.19. The molecule has 64 valence electrons. The Morgan fingerprint density at radius 1 is 1.55 bits per heavy atom. The smallest absolute Gasteiger partial charge is 0.307 e. The molecule has 1 saturated heterocycles. The number of nitrogens with zero attached hydrogens (tertiary/aromatic N) is 1. The summed E-state index contributed by atoms with van der Waals surface area (Å²) >= 11 is 0. The van der Waals surface area contributed by atoms with E-state index in [1.54, 1.807) is 0 Å². The summed E-state index contributed by atoms with van der Waals surface area (Å²) in [6.07, 6.45) is 1.84. The van der Waals surface area contributed by atoms with Crippen LogP contribution >= 0.6 is 0 Å². The number of carbonyl (C=O) groups is 1. The van der Waals surface area contributed by atoms with Gasteiger partial charge < -0.3 is 10.0 Å². The second-order valence-corrected chi connectivity index (χ2v) is 3.40. The average Bonchev–Trinajstić information content (AvgIpc) is 1.94. The van der Waals surface area contributed by atoms with Crippen molar-refractivity contribution >= 4 is 5.97 Å². The molecule has 3 heteroatoms. The topological polar surface area (TPSA) is 40.5 Å². The quantitative estimate of drug-likeness (QED) is 0.612. The van der Waals surface area contributed by atoms with Gasteiger partial charge in [0.05, 0.1) is 5.92 Å². The Bertz CT molecular complexity index is 158. The maximum absolute atomic E-state index is 10.6. The molecule has 0 radical (unpaired) electrons. The summed E-state index contributed by atoms with van der Waals surface area (Å²) in [5.41, 5.74) is 0. The van der Waals surface area contributed by atoms with Crippen LogP contribution in [0, 0.1) is 5.92 Å². The van der Waals surface area contributed by atoms with Gasteiger partial charge in [-0.05, 0) is 26.8 Å². The van der Waals surface area contributed by atoms with E-state index in [0.29, 0.717) is 12.6 Å². The molecule has 0 aromatic heterocycles. The fourth-order valence-electron chi connectivity index (χ4n) is 1.48. The zero-order valence-corrected chi connectivity index (χ0v) is 7.08. The first-order valence-corrected chi connectivity index (χ1v) is 4.04. The van der Waals surface area contributed by atoms with E-state index in [0.717, 1.165) is 12.8 Å². The van der Waals surface area contributed by atoms with Crippen LogP contribution in [0.3, 0.4) is 0 Å². The lowest BCUT2D eigenvalue weighted by molar-refractivity contribution is -0.143. The summed E-state index contributed by atoms with van der Waals surface area (Å²) in [5, 5.41) is 8.72. The fraction of sp³-hybridized carbons (Fsp3) is 0.875. The van der Waals surface area contributed by atoms with E-state index >= 15 is 0 Å². The van der Waals surface area contributed by atoms with Gasteiger partial charge in [-0.25, -0.2) is 0 Å². The molecule has 3 nitrogen and oxygen atoms in total. The van der Waals surface area contributed by atoms with Crippen LogP contribution in [0.1, 0.15) is 19.8 Å². The van der Waals surface area contributed by atoms with Gasteiger partial charge >= 0.3 is 5.97 Å². The van der Waals surface area contributed by atoms with Crippen molar-refractivity contribution in [2.24, 2.45) is 5.92 Å². The van der Waals surface area contributed by atoms with Gasteiger partial charge in [-0.1, -0.05) is 0 Å². The van der Waals surface area contributed by atoms with E-state index in [-0.39, 0.29) is 5.92 Å². The number of hydrogen-bond acceptors (Lipinski definition) is 2. The van der Waals surface area contributed by atoms with Crippen LogP contribution in [-0.4, -0.2) is 35.6 Å². The number of rotatable bonds is 1. The molecule has 0 aromatic rings. The molecule has 0 saturated carbocycles. The van der Waals surface area contributed by atoms with Crippen molar-refractivity contribution in [3.05, 3.63) is 0 Å². The van der Waals surface area contributed by atoms with Crippen molar-refractivity contribution in [2.45, 2.75) is 25.8 Å². The van der Waals surface area contributed by atoms with Gasteiger partial charge in [0.15, 0.2) is 0 Å². The Kier molecular flexibility index (Phi) is 2.49. The van der Waals surface area contributed by atoms with Gasteiger partial charge in [0.2, 0.25) is 0 Å². The summed E-state index contributed by atoms with van der Waals surface area (Å²) in [6, 6.07) is 0.547. The molecule has 1 aliphatic heterocycles. The molecular formula is C8H15NO2. The minimum Gasteiger partial charge on any atom is -0.481 e. The molecule has 1 heterocycles. The number of likely N-dealkylation sites (tertiary alicyclic amines) is 1. The van der Waals surface area contributed by atoms with Crippen molar-refractivity contribution < 1.29 is 9.90 Å². The van der Waals surface area contributed by atoms with Crippen LogP contribution in [0.4, 0.5) is 0 Å². The first-order valence-electron chi connectivity index (χ1n) is 4.04.